The quantitative estimate of drug-likeness (QED) is 0.733. The third kappa shape index (κ3) is 7.02. The highest BCUT2D eigenvalue weighted by Crippen LogP contribution is 2.17. The number of rotatable bonds is 8. The molecule has 1 amide bonds. The largest absolute Gasteiger partial charge is 0.326 e. The molecule has 0 aromatic heterocycles. The van der Waals surface area contributed by atoms with Gasteiger partial charge in [0.1, 0.15) is 11.6 Å². The van der Waals surface area contributed by atoms with Crippen LogP contribution in [0.2, 0.25) is 0 Å². The van der Waals surface area contributed by atoms with E-state index in [0.29, 0.717) is 17.9 Å². The minimum absolute atomic E-state index is 0.105. The van der Waals surface area contributed by atoms with E-state index in [9.17, 15) is 14.0 Å². The lowest BCUT2D eigenvalue weighted by atomic mass is 10.0. The van der Waals surface area contributed by atoms with Gasteiger partial charge in [-0.05, 0) is 43.0 Å². The Labute approximate surface area is 125 Å². The molecule has 1 aromatic rings. The van der Waals surface area contributed by atoms with Gasteiger partial charge in [0.25, 0.3) is 0 Å². The van der Waals surface area contributed by atoms with Crippen molar-refractivity contribution in [1.29, 1.82) is 0 Å². The standard InChI is InChI=1S/C17H24FNO2/c1-12(2)17(21)8-6-4-5-7-14-9-15(18)11-16(10-14)19-13(3)20/h9-12H,4-8H2,1-3H3,(H,19,20). The first-order chi connectivity index (χ1) is 9.88. The van der Waals surface area contributed by atoms with Crippen molar-refractivity contribution in [2.75, 3.05) is 5.32 Å². The average Bonchev–Trinajstić information content (AvgIpc) is 2.36. The molecular weight excluding hydrogens is 269 g/mol. The van der Waals surface area contributed by atoms with Crippen molar-refractivity contribution >= 4 is 17.4 Å². The maximum atomic E-state index is 13.5. The number of aryl methyl sites for hydroxylation is 1. The third-order valence-corrected chi connectivity index (χ3v) is 3.31. The van der Waals surface area contributed by atoms with E-state index in [-0.39, 0.29) is 17.6 Å². The van der Waals surface area contributed by atoms with Gasteiger partial charge >= 0.3 is 0 Å². The zero-order valence-corrected chi connectivity index (χ0v) is 13.0. The zero-order valence-electron chi connectivity index (χ0n) is 13.0. The van der Waals surface area contributed by atoms with Gasteiger partial charge in [0.2, 0.25) is 5.91 Å². The second kappa shape index (κ2) is 8.55. The number of halogens is 1. The van der Waals surface area contributed by atoms with Crippen molar-refractivity contribution in [3.05, 3.63) is 29.6 Å². The Morgan fingerprint density at radius 3 is 2.48 bits per heavy atom. The SMILES string of the molecule is CC(=O)Nc1cc(F)cc(CCCCCC(=O)C(C)C)c1. The summed E-state index contributed by atoms with van der Waals surface area (Å²) < 4.78 is 13.5. The summed E-state index contributed by atoms with van der Waals surface area (Å²) in [6, 6.07) is 4.60. The smallest absolute Gasteiger partial charge is 0.221 e. The van der Waals surface area contributed by atoms with E-state index in [4.69, 9.17) is 0 Å². The van der Waals surface area contributed by atoms with Crippen LogP contribution in [0.25, 0.3) is 0 Å². The first-order valence-corrected chi connectivity index (χ1v) is 7.48. The minimum atomic E-state index is -0.341. The highest BCUT2D eigenvalue weighted by atomic mass is 19.1. The summed E-state index contributed by atoms with van der Waals surface area (Å²) in [5.41, 5.74) is 1.36. The topological polar surface area (TPSA) is 46.2 Å². The molecule has 0 unspecified atom stereocenters. The van der Waals surface area contributed by atoms with Crippen LogP contribution in [0.15, 0.2) is 18.2 Å². The minimum Gasteiger partial charge on any atom is -0.326 e. The second-order valence-corrected chi connectivity index (χ2v) is 5.71. The van der Waals surface area contributed by atoms with Gasteiger partial charge in [-0.2, -0.15) is 0 Å². The highest BCUT2D eigenvalue weighted by Gasteiger charge is 2.06. The van der Waals surface area contributed by atoms with Crippen molar-refractivity contribution in [3.8, 4) is 0 Å². The molecule has 0 aliphatic rings. The van der Waals surface area contributed by atoms with E-state index in [2.05, 4.69) is 5.32 Å². The van der Waals surface area contributed by atoms with Crippen LogP contribution in [0, 0.1) is 11.7 Å². The molecule has 4 heteroatoms. The summed E-state index contributed by atoms with van der Waals surface area (Å²) in [6.07, 6.45) is 4.11. The van der Waals surface area contributed by atoms with E-state index < -0.39 is 0 Å². The summed E-state index contributed by atoms with van der Waals surface area (Å²) in [7, 11) is 0. The second-order valence-electron chi connectivity index (χ2n) is 5.71. The molecule has 0 aliphatic heterocycles. The monoisotopic (exact) mass is 293 g/mol. The fourth-order valence-electron chi connectivity index (χ4n) is 2.16. The van der Waals surface area contributed by atoms with Gasteiger partial charge in [0, 0.05) is 24.9 Å². The number of Topliss-reactive ketones (excluding diaryl/α,β-unsaturated/α-hetero) is 1. The number of hydrogen-bond acceptors (Lipinski definition) is 2. The van der Waals surface area contributed by atoms with Crippen LogP contribution < -0.4 is 5.32 Å². The summed E-state index contributed by atoms with van der Waals surface area (Å²) in [4.78, 5) is 22.5. The highest BCUT2D eigenvalue weighted by molar-refractivity contribution is 5.88. The molecule has 0 radical (unpaired) electrons. The molecule has 0 atom stereocenters. The first-order valence-electron chi connectivity index (χ1n) is 7.48. The maximum absolute atomic E-state index is 13.5. The molecule has 0 aliphatic carbocycles. The van der Waals surface area contributed by atoms with Crippen LogP contribution >= 0.6 is 0 Å². The molecule has 1 rings (SSSR count). The molecule has 116 valence electrons. The van der Waals surface area contributed by atoms with Crippen LogP contribution in [-0.2, 0) is 16.0 Å². The molecule has 21 heavy (non-hydrogen) atoms. The summed E-state index contributed by atoms with van der Waals surface area (Å²) >= 11 is 0. The molecule has 1 aromatic carbocycles. The predicted molar refractivity (Wildman–Crippen MR) is 82.7 cm³/mol. The Morgan fingerprint density at radius 1 is 1.14 bits per heavy atom. The van der Waals surface area contributed by atoms with Crippen LogP contribution in [0.5, 0.6) is 0 Å². The molecule has 0 heterocycles. The zero-order chi connectivity index (χ0) is 15.8. The number of benzene rings is 1. The summed E-state index contributed by atoms with van der Waals surface area (Å²) in [6.45, 7) is 5.23. The number of hydrogen-bond donors (Lipinski definition) is 1. The van der Waals surface area contributed by atoms with Gasteiger partial charge in [-0.15, -0.1) is 0 Å². The fourth-order valence-corrected chi connectivity index (χ4v) is 2.16. The number of carbonyl (C=O) groups excluding carboxylic acids is 2. The first kappa shape index (κ1) is 17.3. The molecule has 0 spiro atoms. The number of anilines is 1. The lowest BCUT2D eigenvalue weighted by molar-refractivity contribution is -0.122. The van der Waals surface area contributed by atoms with E-state index >= 15 is 0 Å². The van der Waals surface area contributed by atoms with Gasteiger partial charge < -0.3 is 5.32 Å². The van der Waals surface area contributed by atoms with Gasteiger partial charge in [0.15, 0.2) is 0 Å². The van der Waals surface area contributed by atoms with Crippen LogP contribution in [0.4, 0.5) is 10.1 Å². The number of carbonyl (C=O) groups is 2. The number of unbranched alkanes of at least 4 members (excludes halogenated alkanes) is 2. The van der Waals surface area contributed by atoms with E-state index in [0.717, 1.165) is 31.2 Å². The van der Waals surface area contributed by atoms with E-state index in [1.165, 1.54) is 19.1 Å². The Bertz CT molecular complexity index is 498. The van der Waals surface area contributed by atoms with Gasteiger partial charge in [-0.1, -0.05) is 20.3 Å². The number of nitrogens with one attached hydrogen (secondary N) is 1. The van der Waals surface area contributed by atoms with Crippen LogP contribution in [0.1, 0.15) is 52.0 Å². The Morgan fingerprint density at radius 2 is 1.86 bits per heavy atom. The van der Waals surface area contributed by atoms with Crippen molar-refractivity contribution in [1.82, 2.24) is 0 Å². The molecule has 0 fully saturated rings. The van der Waals surface area contributed by atoms with Gasteiger partial charge in [-0.25, -0.2) is 4.39 Å². The molecular formula is C17H24FNO2. The number of ketones is 1. The predicted octanol–water partition coefficient (Wildman–Crippen LogP) is 4.11. The van der Waals surface area contributed by atoms with Crippen molar-refractivity contribution < 1.29 is 14.0 Å². The number of amides is 1. The molecule has 0 saturated heterocycles. The third-order valence-electron chi connectivity index (χ3n) is 3.31. The van der Waals surface area contributed by atoms with Crippen molar-refractivity contribution in [2.45, 2.75) is 52.9 Å². The maximum Gasteiger partial charge on any atom is 0.221 e. The molecule has 0 saturated carbocycles. The van der Waals surface area contributed by atoms with E-state index in [1.807, 2.05) is 13.8 Å². The van der Waals surface area contributed by atoms with Crippen molar-refractivity contribution in [3.63, 3.8) is 0 Å². The molecule has 1 N–H and O–H groups in total. The molecule has 3 nitrogen and oxygen atoms in total. The fraction of sp³-hybridized carbons (Fsp3) is 0.529. The molecule has 0 bridgehead atoms. The Balaban J connectivity index is 2.39. The van der Waals surface area contributed by atoms with Gasteiger partial charge in [-0.3, -0.25) is 9.59 Å². The van der Waals surface area contributed by atoms with E-state index in [1.54, 1.807) is 6.07 Å². The van der Waals surface area contributed by atoms with Crippen molar-refractivity contribution in [2.24, 2.45) is 5.92 Å². The lowest BCUT2D eigenvalue weighted by Crippen LogP contribution is -2.07. The normalized spacial score (nSPS) is 10.7. The Kier molecular flexibility index (Phi) is 7.06. The lowest BCUT2D eigenvalue weighted by Gasteiger charge is -2.07. The summed E-state index contributed by atoms with van der Waals surface area (Å²) in [5.74, 6) is -0.146. The Hall–Kier alpha value is -1.71. The van der Waals surface area contributed by atoms with Gasteiger partial charge in [0.05, 0.1) is 0 Å². The van der Waals surface area contributed by atoms with Crippen LogP contribution in [-0.4, -0.2) is 11.7 Å². The summed E-state index contributed by atoms with van der Waals surface area (Å²) in [5, 5.41) is 2.59. The van der Waals surface area contributed by atoms with Crippen LogP contribution in [0.3, 0.4) is 0 Å². The average molecular weight is 293 g/mol.